The molecule has 2 aromatic rings. The minimum atomic E-state index is -0.462. The van der Waals surface area contributed by atoms with Crippen molar-refractivity contribution in [1.82, 2.24) is 0 Å². The van der Waals surface area contributed by atoms with Crippen LogP contribution in [0.3, 0.4) is 0 Å². The highest BCUT2D eigenvalue weighted by Gasteiger charge is 2.29. The van der Waals surface area contributed by atoms with Crippen LogP contribution in [0.15, 0.2) is 42.5 Å². The van der Waals surface area contributed by atoms with Crippen LogP contribution < -0.4 is 10.6 Å². The van der Waals surface area contributed by atoms with Crippen molar-refractivity contribution < 1.29 is 19.1 Å². The van der Waals surface area contributed by atoms with Gasteiger partial charge in [0.25, 0.3) is 5.91 Å². The van der Waals surface area contributed by atoms with E-state index in [0.717, 1.165) is 18.4 Å². The van der Waals surface area contributed by atoms with Gasteiger partial charge in [-0.15, -0.1) is 0 Å². The molecule has 6 nitrogen and oxygen atoms in total. The molecule has 2 aromatic carbocycles. The number of ether oxygens (including phenoxy) is 1. The number of carbonyl (C=O) groups is 3. The van der Waals surface area contributed by atoms with Gasteiger partial charge in [0, 0.05) is 22.9 Å². The summed E-state index contributed by atoms with van der Waals surface area (Å²) >= 11 is 0. The smallest absolute Gasteiger partial charge is 0.337 e. The number of rotatable bonds is 5. The normalized spacial score (nSPS) is 13.0. The molecule has 1 saturated carbocycles. The molecule has 0 aliphatic heterocycles. The van der Waals surface area contributed by atoms with E-state index >= 15 is 0 Å². The second-order valence-corrected chi connectivity index (χ2v) is 6.32. The lowest BCUT2D eigenvalue weighted by Gasteiger charge is -2.11. The largest absolute Gasteiger partial charge is 0.465 e. The van der Waals surface area contributed by atoms with Crippen molar-refractivity contribution in [3.8, 4) is 0 Å². The second kappa shape index (κ2) is 7.39. The topological polar surface area (TPSA) is 84.5 Å². The van der Waals surface area contributed by atoms with Crippen molar-refractivity contribution in [3.63, 3.8) is 0 Å². The summed E-state index contributed by atoms with van der Waals surface area (Å²) in [6.45, 7) is 1.84. The zero-order chi connectivity index (χ0) is 18.7. The van der Waals surface area contributed by atoms with Gasteiger partial charge in [0.1, 0.15) is 0 Å². The van der Waals surface area contributed by atoms with Gasteiger partial charge in [-0.2, -0.15) is 0 Å². The zero-order valence-electron chi connectivity index (χ0n) is 14.7. The maximum atomic E-state index is 12.5. The lowest BCUT2D eigenvalue weighted by Crippen LogP contribution is -2.15. The van der Waals surface area contributed by atoms with Gasteiger partial charge in [-0.25, -0.2) is 4.79 Å². The van der Waals surface area contributed by atoms with Crippen molar-refractivity contribution >= 4 is 29.2 Å². The third-order valence-electron chi connectivity index (χ3n) is 4.27. The van der Waals surface area contributed by atoms with Crippen molar-refractivity contribution in [1.29, 1.82) is 0 Å². The molecule has 0 atom stereocenters. The molecule has 3 rings (SSSR count). The number of aryl methyl sites for hydroxylation is 1. The number of hydrogen-bond acceptors (Lipinski definition) is 4. The van der Waals surface area contributed by atoms with Gasteiger partial charge < -0.3 is 15.4 Å². The Kier molecular flexibility index (Phi) is 5.02. The molecule has 0 unspecified atom stereocenters. The van der Waals surface area contributed by atoms with E-state index in [9.17, 15) is 14.4 Å². The first-order chi connectivity index (χ1) is 12.5. The average Bonchev–Trinajstić information content (AvgIpc) is 3.48. The van der Waals surface area contributed by atoms with Gasteiger partial charge in [-0.3, -0.25) is 9.59 Å². The van der Waals surface area contributed by atoms with Gasteiger partial charge in [0.2, 0.25) is 5.91 Å². The van der Waals surface area contributed by atoms with E-state index in [4.69, 9.17) is 4.74 Å². The fraction of sp³-hybridized carbons (Fsp3) is 0.250. The van der Waals surface area contributed by atoms with E-state index in [1.165, 1.54) is 7.11 Å². The summed E-state index contributed by atoms with van der Waals surface area (Å²) in [6, 6.07) is 11.7. The molecule has 1 fully saturated rings. The van der Waals surface area contributed by atoms with Crippen LogP contribution in [-0.2, 0) is 9.53 Å². The molecule has 2 N–H and O–H groups in total. The highest BCUT2D eigenvalue weighted by molar-refractivity contribution is 6.05. The van der Waals surface area contributed by atoms with Crippen LogP contribution in [0.5, 0.6) is 0 Å². The summed E-state index contributed by atoms with van der Waals surface area (Å²) in [5.74, 6) is -0.605. The van der Waals surface area contributed by atoms with Crippen LogP contribution in [0.2, 0.25) is 0 Å². The van der Waals surface area contributed by atoms with Crippen LogP contribution in [0, 0.1) is 12.8 Å². The highest BCUT2D eigenvalue weighted by Crippen LogP contribution is 2.30. The molecule has 134 valence electrons. The second-order valence-electron chi connectivity index (χ2n) is 6.32. The first-order valence-corrected chi connectivity index (χ1v) is 8.39. The predicted octanol–water partition coefficient (Wildman–Crippen LogP) is 3.38. The van der Waals surface area contributed by atoms with Crippen molar-refractivity contribution in [2.45, 2.75) is 19.8 Å². The van der Waals surface area contributed by atoms with Gasteiger partial charge >= 0.3 is 5.97 Å². The Morgan fingerprint density at radius 2 is 1.62 bits per heavy atom. The zero-order valence-corrected chi connectivity index (χ0v) is 14.7. The molecule has 2 amide bonds. The van der Waals surface area contributed by atoms with Gasteiger partial charge in [-0.1, -0.05) is 6.07 Å². The average molecular weight is 352 g/mol. The van der Waals surface area contributed by atoms with Crippen molar-refractivity contribution in [2.24, 2.45) is 5.92 Å². The number of anilines is 2. The highest BCUT2D eigenvalue weighted by atomic mass is 16.5. The molecule has 1 aliphatic rings. The lowest BCUT2D eigenvalue weighted by molar-refractivity contribution is -0.117. The monoisotopic (exact) mass is 352 g/mol. The molecule has 6 heteroatoms. The summed E-state index contributed by atoms with van der Waals surface area (Å²) in [6.07, 6.45) is 1.88. The molecule has 26 heavy (non-hydrogen) atoms. The van der Waals surface area contributed by atoms with E-state index in [2.05, 4.69) is 10.6 Å². The first kappa shape index (κ1) is 17.7. The number of nitrogens with one attached hydrogen (secondary N) is 2. The van der Waals surface area contributed by atoms with Gasteiger partial charge in [0.15, 0.2) is 0 Å². The Morgan fingerprint density at radius 3 is 2.23 bits per heavy atom. The Hall–Kier alpha value is -3.15. The number of amides is 2. The number of methoxy groups -OCH3 is 1. The minimum absolute atomic E-state index is 0.0254. The maximum Gasteiger partial charge on any atom is 0.337 e. The molecule has 1 aliphatic carbocycles. The van der Waals surface area contributed by atoms with E-state index in [1.54, 1.807) is 42.5 Å². The van der Waals surface area contributed by atoms with E-state index in [-0.39, 0.29) is 17.7 Å². The van der Waals surface area contributed by atoms with Crippen LogP contribution in [0.25, 0.3) is 0 Å². The third-order valence-corrected chi connectivity index (χ3v) is 4.27. The lowest BCUT2D eigenvalue weighted by atomic mass is 10.1. The van der Waals surface area contributed by atoms with Gasteiger partial charge in [0.05, 0.1) is 12.7 Å². The summed E-state index contributed by atoms with van der Waals surface area (Å²) in [5, 5.41) is 5.63. The van der Waals surface area contributed by atoms with E-state index in [0.29, 0.717) is 22.5 Å². The molecular weight excluding hydrogens is 332 g/mol. The summed E-state index contributed by atoms with van der Waals surface area (Å²) in [7, 11) is 1.31. The first-order valence-electron chi connectivity index (χ1n) is 8.39. The SMILES string of the molecule is COC(=O)c1ccc(C)c(NC(=O)c2ccc(NC(=O)C3CC3)cc2)c1. The summed E-state index contributed by atoms with van der Waals surface area (Å²) in [5.41, 5.74) is 2.87. The van der Waals surface area contributed by atoms with E-state index < -0.39 is 5.97 Å². The molecule has 0 spiro atoms. The molecule has 0 saturated heterocycles. The van der Waals surface area contributed by atoms with Crippen molar-refractivity contribution in [3.05, 3.63) is 59.2 Å². The molecule has 0 aromatic heterocycles. The third kappa shape index (κ3) is 4.08. The van der Waals surface area contributed by atoms with Crippen LogP contribution in [-0.4, -0.2) is 24.9 Å². The number of hydrogen-bond donors (Lipinski definition) is 2. The Bertz CT molecular complexity index is 855. The number of carbonyl (C=O) groups excluding carboxylic acids is 3. The fourth-order valence-electron chi connectivity index (χ4n) is 2.49. The van der Waals surface area contributed by atoms with E-state index in [1.807, 2.05) is 6.92 Å². The molecule has 0 bridgehead atoms. The Labute approximate surface area is 151 Å². The standard InChI is InChI=1S/C20H20N2O4/c1-12-3-4-15(20(25)26-2)11-17(12)22-19(24)14-7-9-16(10-8-14)21-18(23)13-5-6-13/h3-4,7-11,13H,5-6H2,1-2H3,(H,21,23)(H,22,24). The quantitative estimate of drug-likeness (QED) is 0.808. The summed E-state index contributed by atoms with van der Waals surface area (Å²) < 4.78 is 4.70. The van der Waals surface area contributed by atoms with Crippen LogP contribution in [0.4, 0.5) is 11.4 Å². The van der Waals surface area contributed by atoms with Gasteiger partial charge in [-0.05, 0) is 61.7 Å². The maximum absolute atomic E-state index is 12.5. The molecule has 0 radical (unpaired) electrons. The Morgan fingerprint density at radius 1 is 0.962 bits per heavy atom. The number of benzene rings is 2. The minimum Gasteiger partial charge on any atom is -0.465 e. The Balaban J connectivity index is 1.69. The molecule has 0 heterocycles. The predicted molar refractivity (Wildman–Crippen MR) is 98.3 cm³/mol. The fourth-order valence-corrected chi connectivity index (χ4v) is 2.49. The molecular formula is C20H20N2O4. The van der Waals surface area contributed by atoms with Crippen LogP contribution >= 0.6 is 0 Å². The van der Waals surface area contributed by atoms with Crippen LogP contribution in [0.1, 0.15) is 39.1 Å². The van der Waals surface area contributed by atoms with Crippen molar-refractivity contribution in [2.75, 3.05) is 17.7 Å². The number of esters is 1. The summed E-state index contributed by atoms with van der Waals surface area (Å²) in [4.78, 5) is 35.9.